The molecule has 2 aliphatic rings. The third-order valence-corrected chi connectivity index (χ3v) is 4.98. The number of amides is 1. The number of carbonyl (C=O) groups excluding carboxylic acids is 1. The van der Waals surface area contributed by atoms with Crippen molar-refractivity contribution in [2.24, 2.45) is 0 Å². The van der Waals surface area contributed by atoms with Gasteiger partial charge in [0.05, 0.1) is 12.6 Å². The molecule has 2 aliphatic heterocycles. The van der Waals surface area contributed by atoms with E-state index in [1.807, 2.05) is 48.5 Å². The summed E-state index contributed by atoms with van der Waals surface area (Å²) in [6, 6.07) is 17.2. The fraction of sp³-hybridized carbons (Fsp3) is 0.350. The Morgan fingerprint density at radius 1 is 1.12 bits per heavy atom. The van der Waals surface area contributed by atoms with Crippen LogP contribution in [0.15, 0.2) is 54.6 Å². The van der Waals surface area contributed by atoms with Crippen molar-refractivity contribution in [3.63, 3.8) is 0 Å². The van der Waals surface area contributed by atoms with Gasteiger partial charge in [-0.15, -0.1) is 0 Å². The lowest BCUT2D eigenvalue weighted by Gasteiger charge is -2.36. The Labute approximate surface area is 141 Å². The van der Waals surface area contributed by atoms with Crippen LogP contribution in [0, 0.1) is 0 Å². The van der Waals surface area contributed by atoms with Crippen LogP contribution in [0.2, 0.25) is 0 Å². The van der Waals surface area contributed by atoms with Crippen molar-refractivity contribution < 1.29 is 14.6 Å². The number of ether oxygens (including phenoxy) is 1. The smallest absolute Gasteiger partial charge is 0.256 e. The van der Waals surface area contributed by atoms with Crippen LogP contribution in [0.1, 0.15) is 34.3 Å². The van der Waals surface area contributed by atoms with Crippen LogP contribution in [0.5, 0.6) is 0 Å². The van der Waals surface area contributed by atoms with E-state index in [4.69, 9.17) is 4.74 Å². The minimum atomic E-state index is -1.32. The molecule has 0 unspecified atom stereocenters. The molecule has 1 amide bonds. The van der Waals surface area contributed by atoms with E-state index >= 15 is 0 Å². The highest BCUT2D eigenvalue weighted by atomic mass is 16.5. The molecule has 0 aliphatic carbocycles. The molecular formula is C20H21NO3. The Balaban J connectivity index is 1.72. The number of hydrogen-bond acceptors (Lipinski definition) is 3. The molecule has 4 nitrogen and oxygen atoms in total. The second-order valence-electron chi connectivity index (χ2n) is 6.58. The Bertz CT molecular complexity index is 740. The molecule has 4 rings (SSSR count). The van der Waals surface area contributed by atoms with Crippen molar-refractivity contribution >= 4 is 5.91 Å². The summed E-state index contributed by atoms with van der Waals surface area (Å²) in [4.78, 5) is 14.5. The van der Waals surface area contributed by atoms with Crippen molar-refractivity contribution in [3.05, 3.63) is 71.3 Å². The van der Waals surface area contributed by atoms with E-state index in [0.717, 1.165) is 25.0 Å². The average Bonchev–Trinajstić information content (AvgIpc) is 3.19. The van der Waals surface area contributed by atoms with Gasteiger partial charge >= 0.3 is 0 Å². The number of carbonyl (C=O) groups is 1. The van der Waals surface area contributed by atoms with E-state index in [2.05, 4.69) is 0 Å². The molecule has 0 aromatic heterocycles. The highest BCUT2D eigenvalue weighted by Crippen LogP contribution is 2.40. The van der Waals surface area contributed by atoms with Crippen LogP contribution in [0.25, 0.3) is 0 Å². The molecule has 0 radical (unpaired) electrons. The lowest BCUT2D eigenvalue weighted by molar-refractivity contribution is -0.0973. The molecule has 2 aromatic carbocycles. The Kier molecular flexibility index (Phi) is 3.87. The topological polar surface area (TPSA) is 49.8 Å². The molecule has 1 fully saturated rings. The predicted molar refractivity (Wildman–Crippen MR) is 90.5 cm³/mol. The van der Waals surface area contributed by atoms with Gasteiger partial charge in [0.25, 0.3) is 5.91 Å². The number of aliphatic hydroxyl groups is 1. The quantitative estimate of drug-likeness (QED) is 0.941. The Hall–Kier alpha value is -2.17. The van der Waals surface area contributed by atoms with Gasteiger partial charge in [-0.3, -0.25) is 4.79 Å². The van der Waals surface area contributed by atoms with Crippen LogP contribution in [0.4, 0.5) is 0 Å². The maximum atomic E-state index is 12.9. The number of fused-ring (bicyclic) bond motifs is 1. The highest BCUT2D eigenvalue weighted by molar-refractivity contribution is 5.99. The standard InChI is InChI=1S/C20H21NO3/c22-19-17-10-4-5-11-18(17)20(23,13-15-7-2-1-3-8-15)21(19)14-16-9-6-12-24-16/h1-5,7-8,10-11,16,23H,6,9,12-14H2/t16-,20-/m0/s1. The van der Waals surface area contributed by atoms with Gasteiger partial charge in [0.1, 0.15) is 0 Å². The van der Waals surface area contributed by atoms with Crippen LogP contribution < -0.4 is 0 Å². The van der Waals surface area contributed by atoms with Gasteiger partial charge < -0.3 is 14.7 Å². The minimum absolute atomic E-state index is 0.00515. The van der Waals surface area contributed by atoms with Crippen LogP contribution in [0.3, 0.4) is 0 Å². The molecule has 4 heteroatoms. The highest BCUT2D eigenvalue weighted by Gasteiger charge is 2.49. The molecule has 0 bridgehead atoms. The third kappa shape index (κ3) is 2.52. The summed E-state index contributed by atoms with van der Waals surface area (Å²) in [6.07, 6.45) is 2.33. The van der Waals surface area contributed by atoms with Crippen LogP contribution >= 0.6 is 0 Å². The van der Waals surface area contributed by atoms with Gasteiger partial charge in [-0.2, -0.15) is 0 Å². The summed E-state index contributed by atoms with van der Waals surface area (Å²) in [5.41, 5.74) is 0.966. The zero-order chi connectivity index (χ0) is 16.6. The summed E-state index contributed by atoms with van der Waals surface area (Å²) in [6.45, 7) is 1.16. The average molecular weight is 323 g/mol. The first-order valence-electron chi connectivity index (χ1n) is 8.48. The van der Waals surface area contributed by atoms with Crippen molar-refractivity contribution in [2.75, 3.05) is 13.2 Å². The first kappa shape index (κ1) is 15.4. The zero-order valence-electron chi connectivity index (χ0n) is 13.5. The van der Waals surface area contributed by atoms with Gasteiger partial charge in [-0.05, 0) is 24.5 Å². The number of benzene rings is 2. The maximum Gasteiger partial charge on any atom is 0.256 e. The molecule has 1 saturated heterocycles. The first-order valence-corrected chi connectivity index (χ1v) is 8.48. The first-order chi connectivity index (χ1) is 11.7. The van der Waals surface area contributed by atoms with E-state index in [9.17, 15) is 9.90 Å². The lowest BCUT2D eigenvalue weighted by atomic mass is 9.94. The fourth-order valence-electron chi connectivity index (χ4n) is 3.77. The second kappa shape index (κ2) is 6.04. The molecule has 1 N–H and O–H groups in total. The molecule has 24 heavy (non-hydrogen) atoms. The fourth-order valence-corrected chi connectivity index (χ4v) is 3.77. The monoisotopic (exact) mass is 323 g/mol. The summed E-state index contributed by atoms with van der Waals surface area (Å²) in [7, 11) is 0. The number of nitrogens with zero attached hydrogens (tertiary/aromatic N) is 1. The molecular weight excluding hydrogens is 302 g/mol. The van der Waals surface area contributed by atoms with Gasteiger partial charge in [-0.1, -0.05) is 48.5 Å². The molecule has 0 saturated carbocycles. The summed E-state index contributed by atoms with van der Waals surface area (Å²) < 4.78 is 5.70. The van der Waals surface area contributed by atoms with E-state index < -0.39 is 5.72 Å². The van der Waals surface area contributed by atoms with E-state index in [1.165, 1.54) is 0 Å². The van der Waals surface area contributed by atoms with Gasteiger partial charge in [0, 0.05) is 24.2 Å². The van der Waals surface area contributed by atoms with E-state index in [-0.39, 0.29) is 12.0 Å². The van der Waals surface area contributed by atoms with Crippen molar-refractivity contribution in [2.45, 2.75) is 31.1 Å². The van der Waals surface area contributed by atoms with Gasteiger partial charge in [0.2, 0.25) is 0 Å². The maximum absolute atomic E-state index is 12.9. The summed E-state index contributed by atoms with van der Waals surface area (Å²) >= 11 is 0. The third-order valence-electron chi connectivity index (χ3n) is 4.98. The molecule has 2 atom stereocenters. The zero-order valence-corrected chi connectivity index (χ0v) is 13.5. The normalized spacial score (nSPS) is 26.0. The predicted octanol–water partition coefficient (Wildman–Crippen LogP) is 2.71. The molecule has 0 spiro atoms. The second-order valence-corrected chi connectivity index (χ2v) is 6.58. The number of rotatable bonds is 4. The molecule has 2 aromatic rings. The van der Waals surface area contributed by atoms with Gasteiger partial charge in [0.15, 0.2) is 5.72 Å². The summed E-state index contributed by atoms with van der Waals surface area (Å²) in [5.74, 6) is -0.112. The summed E-state index contributed by atoms with van der Waals surface area (Å²) in [5, 5.41) is 11.5. The van der Waals surface area contributed by atoms with Crippen molar-refractivity contribution in [1.29, 1.82) is 0 Å². The van der Waals surface area contributed by atoms with E-state index in [1.54, 1.807) is 11.0 Å². The largest absolute Gasteiger partial charge is 0.376 e. The van der Waals surface area contributed by atoms with Gasteiger partial charge in [-0.25, -0.2) is 0 Å². The van der Waals surface area contributed by atoms with E-state index in [0.29, 0.717) is 24.1 Å². The van der Waals surface area contributed by atoms with Crippen molar-refractivity contribution in [3.8, 4) is 0 Å². The Morgan fingerprint density at radius 3 is 2.62 bits per heavy atom. The minimum Gasteiger partial charge on any atom is -0.376 e. The van der Waals surface area contributed by atoms with Crippen LogP contribution in [-0.2, 0) is 16.9 Å². The SMILES string of the molecule is O=C1c2ccccc2[C@@](O)(Cc2ccccc2)N1C[C@@H]1CCCO1. The Morgan fingerprint density at radius 2 is 1.88 bits per heavy atom. The molecule has 124 valence electrons. The van der Waals surface area contributed by atoms with Crippen molar-refractivity contribution in [1.82, 2.24) is 4.90 Å². The van der Waals surface area contributed by atoms with Crippen LogP contribution in [-0.4, -0.2) is 35.2 Å². The molecule has 2 heterocycles. The lowest BCUT2D eigenvalue weighted by Crippen LogP contribution is -2.48. The number of hydrogen-bond donors (Lipinski definition) is 1.